The van der Waals surface area contributed by atoms with Crippen molar-refractivity contribution >= 4 is 11.6 Å². The molecule has 1 fully saturated rings. The monoisotopic (exact) mass is 304 g/mol. The number of carbonyl (C=O) groups excluding carboxylic acids is 1. The first kappa shape index (κ1) is 16.7. The van der Waals surface area contributed by atoms with Gasteiger partial charge in [0, 0.05) is 25.8 Å². The summed E-state index contributed by atoms with van der Waals surface area (Å²) in [5, 5.41) is 2.97. The van der Waals surface area contributed by atoms with E-state index in [1.807, 2.05) is 26.4 Å². The van der Waals surface area contributed by atoms with Gasteiger partial charge in [-0.05, 0) is 51.9 Å². The summed E-state index contributed by atoms with van der Waals surface area (Å²) in [5.41, 5.74) is 1.72. The van der Waals surface area contributed by atoms with Gasteiger partial charge in [0.15, 0.2) is 0 Å². The van der Waals surface area contributed by atoms with Gasteiger partial charge in [0.1, 0.15) is 0 Å². The predicted molar refractivity (Wildman–Crippen MR) is 90.4 cm³/mol. The Hall–Kier alpha value is -1.62. The van der Waals surface area contributed by atoms with Gasteiger partial charge in [-0.1, -0.05) is 6.92 Å². The van der Waals surface area contributed by atoms with Gasteiger partial charge in [-0.15, -0.1) is 0 Å². The number of rotatable bonds is 6. The van der Waals surface area contributed by atoms with Crippen LogP contribution in [0, 0.1) is 5.92 Å². The average molecular weight is 304 g/mol. The molecule has 1 aliphatic heterocycles. The van der Waals surface area contributed by atoms with Crippen LogP contribution >= 0.6 is 0 Å². The third-order valence-corrected chi connectivity index (χ3v) is 4.20. The van der Waals surface area contributed by atoms with Gasteiger partial charge in [0.05, 0.1) is 17.4 Å². The molecule has 1 saturated heterocycles. The fraction of sp³-hybridized carbons (Fsp3) is 0.647. The Kier molecular flexibility index (Phi) is 6.19. The highest BCUT2D eigenvalue weighted by atomic mass is 16.1. The molecular formula is C17H28N4O. The highest BCUT2D eigenvalue weighted by Gasteiger charge is 2.17. The van der Waals surface area contributed by atoms with Crippen molar-refractivity contribution in [2.24, 2.45) is 5.92 Å². The molecule has 1 aliphatic rings. The van der Waals surface area contributed by atoms with Crippen LogP contribution < -0.4 is 10.2 Å². The molecule has 0 spiro atoms. The van der Waals surface area contributed by atoms with Gasteiger partial charge in [-0.2, -0.15) is 0 Å². The molecule has 122 valence electrons. The van der Waals surface area contributed by atoms with Crippen molar-refractivity contribution in [3.63, 3.8) is 0 Å². The van der Waals surface area contributed by atoms with E-state index in [2.05, 4.69) is 27.0 Å². The zero-order valence-corrected chi connectivity index (χ0v) is 14.0. The summed E-state index contributed by atoms with van der Waals surface area (Å²) in [6.07, 6.45) is 6.88. The van der Waals surface area contributed by atoms with Crippen LogP contribution in [-0.2, 0) is 0 Å². The minimum Gasteiger partial charge on any atom is -0.370 e. The third kappa shape index (κ3) is 4.98. The lowest BCUT2D eigenvalue weighted by molar-refractivity contribution is 0.0952. The smallest absolute Gasteiger partial charge is 0.252 e. The van der Waals surface area contributed by atoms with Crippen LogP contribution in [0.25, 0.3) is 0 Å². The number of hydrogen-bond donors (Lipinski definition) is 1. The maximum atomic E-state index is 12.2. The third-order valence-electron chi connectivity index (χ3n) is 4.20. The maximum absolute atomic E-state index is 12.2. The Morgan fingerprint density at radius 1 is 1.36 bits per heavy atom. The van der Waals surface area contributed by atoms with Gasteiger partial charge in [0.2, 0.25) is 0 Å². The van der Waals surface area contributed by atoms with Gasteiger partial charge in [-0.3, -0.25) is 9.78 Å². The van der Waals surface area contributed by atoms with E-state index in [4.69, 9.17) is 0 Å². The van der Waals surface area contributed by atoms with Crippen LogP contribution in [0.1, 0.15) is 36.5 Å². The van der Waals surface area contributed by atoms with Gasteiger partial charge >= 0.3 is 0 Å². The molecule has 22 heavy (non-hydrogen) atoms. The standard InChI is InChI=1S/C17H28N4O/c1-14-5-9-21(10-6-14)16-11-15(12-18-13-16)17(22)19-7-4-8-20(2)3/h11-14H,4-10H2,1-3H3,(H,19,22). The number of nitrogens with one attached hydrogen (secondary N) is 1. The van der Waals surface area contributed by atoms with E-state index in [0.717, 1.165) is 37.7 Å². The van der Waals surface area contributed by atoms with E-state index in [1.165, 1.54) is 12.8 Å². The molecule has 1 amide bonds. The van der Waals surface area contributed by atoms with E-state index in [9.17, 15) is 4.79 Å². The topological polar surface area (TPSA) is 48.5 Å². The summed E-state index contributed by atoms with van der Waals surface area (Å²) in [6.45, 7) is 6.08. The lowest BCUT2D eigenvalue weighted by Gasteiger charge is -2.32. The van der Waals surface area contributed by atoms with Crippen LogP contribution in [0.5, 0.6) is 0 Å². The zero-order chi connectivity index (χ0) is 15.9. The summed E-state index contributed by atoms with van der Waals surface area (Å²) in [5.74, 6) is 0.769. The Bertz CT molecular complexity index is 481. The Morgan fingerprint density at radius 2 is 2.09 bits per heavy atom. The average Bonchev–Trinajstić information content (AvgIpc) is 2.52. The molecule has 0 aliphatic carbocycles. The number of anilines is 1. The first-order chi connectivity index (χ1) is 10.6. The summed E-state index contributed by atoms with van der Waals surface area (Å²) >= 11 is 0. The SMILES string of the molecule is CC1CCN(c2cncc(C(=O)NCCCN(C)C)c2)CC1. The summed E-state index contributed by atoms with van der Waals surface area (Å²) < 4.78 is 0. The second kappa shape index (κ2) is 8.13. The summed E-state index contributed by atoms with van der Waals surface area (Å²) in [6, 6.07) is 1.96. The number of hydrogen-bond acceptors (Lipinski definition) is 4. The normalized spacial score (nSPS) is 16.1. The largest absolute Gasteiger partial charge is 0.370 e. The molecule has 5 heteroatoms. The van der Waals surface area contributed by atoms with Crippen molar-refractivity contribution in [2.45, 2.75) is 26.2 Å². The Balaban J connectivity index is 1.89. The molecule has 0 atom stereocenters. The second-order valence-electron chi connectivity index (χ2n) is 6.51. The number of piperidine rings is 1. The van der Waals surface area contributed by atoms with Crippen LogP contribution in [0.3, 0.4) is 0 Å². The van der Waals surface area contributed by atoms with Crippen LogP contribution in [0.2, 0.25) is 0 Å². The zero-order valence-electron chi connectivity index (χ0n) is 14.0. The minimum absolute atomic E-state index is 0.0292. The van der Waals surface area contributed by atoms with Crippen LogP contribution in [-0.4, -0.2) is 56.1 Å². The highest BCUT2D eigenvalue weighted by molar-refractivity contribution is 5.94. The lowest BCUT2D eigenvalue weighted by atomic mass is 9.99. The van der Waals surface area contributed by atoms with Gasteiger partial charge in [-0.25, -0.2) is 0 Å². The van der Waals surface area contributed by atoms with Crippen molar-refractivity contribution in [3.8, 4) is 0 Å². The van der Waals surface area contributed by atoms with Gasteiger partial charge < -0.3 is 15.1 Å². The first-order valence-corrected chi connectivity index (χ1v) is 8.19. The van der Waals surface area contributed by atoms with Crippen molar-refractivity contribution in [1.82, 2.24) is 15.2 Å². The molecule has 5 nitrogen and oxygen atoms in total. The van der Waals surface area contributed by atoms with Crippen molar-refractivity contribution in [3.05, 3.63) is 24.0 Å². The molecule has 1 aromatic heterocycles. The van der Waals surface area contributed by atoms with E-state index in [-0.39, 0.29) is 5.91 Å². The van der Waals surface area contributed by atoms with Gasteiger partial charge in [0.25, 0.3) is 5.91 Å². The van der Waals surface area contributed by atoms with E-state index in [1.54, 1.807) is 6.20 Å². The molecule has 0 bridgehead atoms. The summed E-state index contributed by atoms with van der Waals surface area (Å²) in [4.78, 5) is 20.9. The fourth-order valence-electron chi connectivity index (χ4n) is 2.69. The predicted octanol–water partition coefficient (Wildman–Crippen LogP) is 2.00. The summed E-state index contributed by atoms with van der Waals surface area (Å²) in [7, 11) is 4.07. The van der Waals surface area contributed by atoms with Crippen molar-refractivity contribution < 1.29 is 4.79 Å². The lowest BCUT2D eigenvalue weighted by Crippen LogP contribution is -2.33. The Labute approximate surface area is 133 Å². The number of pyridine rings is 1. The number of carbonyl (C=O) groups is 1. The molecular weight excluding hydrogens is 276 g/mol. The van der Waals surface area contributed by atoms with Crippen molar-refractivity contribution in [1.29, 1.82) is 0 Å². The number of nitrogens with zero attached hydrogens (tertiary/aromatic N) is 3. The molecule has 0 radical (unpaired) electrons. The molecule has 0 unspecified atom stereocenters. The number of aromatic nitrogens is 1. The second-order valence-corrected chi connectivity index (χ2v) is 6.51. The van der Waals surface area contributed by atoms with E-state index in [0.29, 0.717) is 12.1 Å². The molecule has 0 aromatic carbocycles. The quantitative estimate of drug-likeness (QED) is 0.817. The van der Waals surface area contributed by atoms with E-state index >= 15 is 0 Å². The highest BCUT2D eigenvalue weighted by Crippen LogP contribution is 2.22. The number of amides is 1. The fourth-order valence-corrected chi connectivity index (χ4v) is 2.69. The maximum Gasteiger partial charge on any atom is 0.252 e. The molecule has 2 rings (SSSR count). The Morgan fingerprint density at radius 3 is 2.77 bits per heavy atom. The molecule has 1 aromatic rings. The minimum atomic E-state index is -0.0292. The van der Waals surface area contributed by atoms with Crippen LogP contribution in [0.15, 0.2) is 18.5 Å². The van der Waals surface area contributed by atoms with Crippen LogP contribution in [0.4, 0.5) is 5.69 Å². The molecule has 1 N–H and O–H groups in total. The molecule has 2 heterocycles. The molecule has 0 saturated carbocycles. The van der Waals surface area contributed by atoms with E-state index < -0.39 is 0 Å². The first-order valence-electron chi connectivity index (χ1n) is 8.19. The van der Waals surface area contributed by atoms with Crippen molar-refractivity contribution in [2.75, 3.05) is 45.2 Å².